The number of hydrogen-bond donors (Lipinski definition) is 0. The predicted octanol–water partition coefficient (Wildman–Crippen LogP) is 4.67. The van der Waals surface area contributed by atoms with E-state index in [-0.39, 0.29) is 24.4 Å². The number of carbonyl (C=O) groups excluding carboxylic acids is 1. The maximum absolute atomic E-state index is 11.6. The van der Waals surface area contributed by atoms with Crippen LogP contribution in [0.25, 0.3) is 0 Å². The van der Waals surface area contributed by atoms with E-state index in [1.54, 1.807) is 6.92 Å². The van der Waals surface area contributed by atoms with Crippen molar-refractivity contribution >= 4 is 5.97 Å². The Morgan fingerprint density at radius 2 is 1.92 bits per heavy atom. The Hall–Kier alpha value is -2.73. The first kappa shape index (κ1) is 18.1. The van der Waals surface area contributed by atoms with E-state index in [2.05, 4.69) is 43.0 Å². The first-order chi connectivity index (χ1) is 12.6. The first-order valence-corrected chi connectivity index (χ1v) is 8.96. The molecule has 134 valence electrons. The van der Waals surface area contributed by atoms with Crippen LogP contribution < -0.4 is 4.74 Å². The van der Waals surface area contributed by atoms with Crippen LogP contribution in [0, 0.1) is 17.8 Å². The van der Waals surface area contributed by atoms with Gasteiger partial charge in [-0.1, -0.05) is 49.2 Å². The summed E-state index contributed by atoms with van der Waals surface area (Å²) in [6.07, 6.45) is 1.38. The number of hydrogen-bond acceptors (Lipinski definition) is 3. The minimum Gasteiger partial charge on any atom is -0.485 e. The molecule has 2 aromatic rings. The maximum atomic E-state index is 11.6. The highest BCUT2D eigenvalue weighted by Gasteiger charge is 2.30. The van der Waals surface area contributed by atoms with Crippen LogP contribution in [0.3, 0.4) is 0 Å². The van der Waals surface area contributed by atoms with Crippen molar-refractivity contribution in [2.24, 2.45) is 5.92 Å². The van der Waals surface area contributed by atoms with Gasteiger partial charge in [0.2, 0.25) is 0 Å². The normalized spacial score (nSPS) is 19.0. The van der Waals surface area contributed by atoms with Gasteiger partial charge in [-0.25, -0.2) is 0 Å². The van der Waals surface area contributed by atoms with Crippen LogP contribution >= 0.6 is 0 Å². The standard InChI is InChI=1S/C23H24O3/c1-4-7-18(15-22(24)25-3)17-10-12-20(13-11-17)26-23-16(2)14-19-8-5-6-9-21(19)23/h5-6,8-13,16,18,23H,14-15H2,1-3H3. The molecule has 0 fully saturated rings. The summed E-state index contributed by atoms with van der Waals surface area (Å²) in [4.78, 5) is 11.6. The van der Waals surface area contributed by atoms with Gasteiger partial charge in [0.15, 0.2) is 0 Å². The van der Waals surface area contributed by atoms with Crippen molar-refractivity contribution in [1.29, 1.82) is 0 Å². The molecule has 3 heteroatoms. The van der Waals surface area contributed by atoms with Gasteiger partial charge in [-0.15, -0.1) is 5.92 Å². The number of rotatable bonds is 5. The van der Waals surface area contributed by atoms with E-state index >= 15 is 0 Å². The average molecular weight is 348 g/mol. The predicted molar refractivity (Wildman–Crippen MR) is 102 cm³/mol. The Bertz CT molecular complexity index is 827. The topological polar surface area (TPSA) is 35.5 Å². The fourth-order valence-electron chi connectivity index (χ4n) is 3.54. The summed E-state index contributed by atoms with van der Waals surface area (Å²) in [5.41, 5.74) is 3.65. The summed E-state index contributed by atoms with van der Waals surface area (Å²) in [6.45, 7) is 4.00. The number of ether oxygens (including phenoxy) is 2. The van der Waals surface area contributed by atoms with E-state index in [1.807, 2.05) is 24.3 Å². The van der Waals surface area contributed by atoms with Crippen molar-refractivity contribution in [2.45, 2.75) is 38.7 Å². The van der Waals surface area contributed by atoms with Crippen LogP contribution in [0.15, 0.2) is 48.5 Å². The molecule has 0 bridgehead atoms. The summed E-state index contributed by atoms with van der Waals surface area (Å²) in [5.74, 6) is 6.85. The van der Waals surface area contributed by atoms with E-state index < -0.39 is 0 Å². The van der Waals surface area contributed by atoms with Gasteiger partial charge in [-0.2, -0.15) is 0 Å². The van der Waals surface area contributed by atoms with Crippen molar-refractivity contribution in [1.82, 2.24) is 0 Å². The molecule has 2 aromatic carbocycles. The van der Waals surface area contributed by atoms with Gasteiger partial charge < -0.3 is 9.47 Å². The molecule has 26 heavy (non-hydrogen) atoms. The average Bonchev–Trinajstić information content (AvgIpc) is 2.97. The van der Waals surface area contributed by atoms with Crippen LogP contribution in [-0.4, -0.2) is 13.1 Å². The second kappa shape index (κ2) is 8.10. The summed E-state index contributed by atoms with van der Waals surface area (Å²) in [5, 5.41) is 0. The maximum Gasteiger partial charge on any atom is 0.307 e. The molecule has 0 saturated carbocycles. The Morgan fingerprint density at radius 3 is 2.62 bits per heavy atom. The number of esters is 1. The second-order valence-corrected chi connectivity index (χ2v) is 6.71. The van der Waals surface area contributed by atoms with Crippen molar-refractivity contribution in [2.75, 3.05) is 7.11 Å². The van der Waals surface area contributed by atoms with Crippen LogP contribution in [0.2, 0.25) is 0 Å². The zero-order valence-electron chi connectivity index (χ0n) is 15.5. The molecular formula is C23H24O3. The SMILES string of the molecule is CC#CC(CC(=O)OC)c1ccc(OC2c3ccccc3CC2C)cc1. The molecule has 3 rings (SSSR count). The zero-order chi connectivity index (χ0) is 18.5. The summed E-state index contributed by atoms with van der Waals surface area (Å²) in [6, 6.07) is 16.4. The third-order valence-corrected chi connectivity index (χ3v) is 4.88. The minimum atomic E-state index is -0.255. The van der Waals surface area contributed by atoms with Gasteiger partial charge in [0.25, 0.3) is 0 Å². The molecule has 0 spiro atoms. The highest BCUT2D eigenvalue weighted by Crippen LogP contribution is 2.39. The van der Waals surface area contributed by atoms with Crippen molar-refractivity contribution in [3.05, 3.63) is 65.2 Å². The van der Waals surface area contributed by atoms with Crippen molar-refractivity contribution in [3.63, 3.8) is 0 Å². The van der Waals surface area contributed by atoms with Crippen LogP contribution in [-0.2, 0) is 16.0 Å². The van der Waals surface area contributed by atoms with Gasteiger partial charge >= 0.3 is 5.97 Å². The number of fused-ring (bicyclic) bond motifs is 1. The molecule has 0 heterocycles. The summed E-state index contributed by atoms with van der Waals surface area (Å²) < 4.78 is 11.1. The molecule has 0 aliphatic heterocycles. The first-order valence-electron chi connectivity index (χ1n) is 8.96. The van der Waals surface area contributed by atoms with E-state index in [4.69, 9.17) is 9.47 Å². The quantitative estimate of drug-likeness (QED) is 0.582. The molecule has 3 nitrogen and oxygen atoms in total. The number of methoxy groups -OCH3 is 1. The van der Waals surface area contributed by atoms with Gasteiger partial charge in [0.1, 0.15) is 11.9 Å². The van der Waals surface area contributed by atoms with Crippen molar-refractivity contribution < 1.29 is 14.3 Å². The van der Waals surface area contributed by atoms with Crippen LogP contribution in [0.1, 0.15) is 49.0 Å². The Kier molecular flexibility index (Phi) is 5.63. The highest BCUT2D eigenvalue weighted by molar-refractivity contribution is 5.71. The molecule has 0 saturated heterocycles. The van der Waals surface area contributed by atoms with E-state index in [9.17, 15) is 4.79 Å². The Balaban J connectivity index is 1.75. The molecule has 1 aliphatic carbocycles. The lowest BCUT2D eigenvalue weighted by molar-refractivity contribution is -0.140. The molecule has 3 unspecified atom stereocenters. The van der Waals surface area contributed by atoms with E-state index in [1.165, 1.54) is 18.2 Å². The second-order valence-electron chi connectivity index (χ2n) is 6.71. The zero-order valence-corrected chi connectivity index (χ0v) is 15.5. The highest BCUT2D eigenvalue weighted by atomic mass is 16.5. The minimum absolute atomic E-state index is 0.0818. The lowest BCUT2D eigenvalue weighted by Gasteiger charge is -2.20. The molecule has 0 amide bonds. The third kappa shape index (κ3) is 3.91. The number of benzene rings is 2. The van der Waals surface area contributed by atoms with Crippen molar-refractivity contribution in [3.8, 4) is 17.6 Å². The largest absolute Gasteiger partial charge is 0.485 e. The van der Waals surface area contributed by atoms with Gasteiger partial charge in [-0.3, -0.25) is 4.79 Å². The summed E-state index contributed by atoms with van der Waals surface area (Å²) in [7, 11) is 1.40. The molecule has 0 aromatic heterocycles. The van der Waals surface area contributed by atoms with Crippen LogP contribution in [0.5, 0.6) is 5.75 Å². The number of carbonyl (C=O) groups is 1. The molecule has 0 N–H and O–H groups in total. The Morgan fingerprint density at radius 1 is 1.19 bits per heavy atom. The van der Waals surface area contributed by atoms with Gasteiger partial charge in [-0.05, 0) is 42.2 Å². The molecule has 1 aliphatic rings. The van der Waals surface area contributed by atoms with Gasteiger partial charge in [0.05, 0.1) is 19.4 Å². The monoisotopic (exact) mass is 348 g/mol. The molecule has 3 atom stereocenters. The lowest BCUT2D eigenvalue weighted by Crippen LogP contribution is -2.11. The van der Waals surface area contributed by atoms with E-state index in [0.717, 1.165) is 17.7 Å². The van der Waals surface area contributed by atoms with Crippen LogP contribution in [0.4, 0.5) is 0 Å². The lowest BCUT2D eigenvalue weighted by atomic mass is 9.96. The fraction of sp³-hybridized carbons (Fsp3) is 0.348. The van der Waals surface area contributed by atoms with Gasteiger partial charge in [0, 0.05) is 5.92 Å². The Labute approximate surface area is 155 Å². The fourth-order valence-corrected chi connectivity index (χ4v) is 3.54. The third-order valence-electron chi connectivity index (χ3n) is 4.88. The molecular weight excluding hydrogens is 324 g/mol. The smallest absolute Gasteiger partial charge is 0.307 e. The van der Waals surface area contributed by atoms with E-state index in [0.29, 0.717) is 5.92 Å². The summed E-state index contributed by atoms with van der Waals surface area (Å²) >= 11 is 0. The molecule has 0 radical (unpaired) electrons.